The van der Waals surface area contributed by atoms with Crippen LogP contribution >= 0.6 is 0 Å². The van der Waals surface area contributed by atoms with Crippen molar-refractivity contribution in [1.29, 1.82) is 5.41 Å². The third-order valence-corrected chi connectivity index (χ3v) is 5.36. The Hall–Kier alpha value is -3.93. The zero-order valence-electron chi connectivity index (χ0n) is 17.8. The summed E-state index contributed by atoms with van der Waals surface area (Å²) in [5.74, 6) is 0.0700. The first-order chi connectivity index (χ1) is 15.6. The van der Waals surface area contributed by atoms with Crippen molar-refractivity contribution in [1.82, 2.24) is 10.5 Å². The summed E-state index contributed by atoms with van der Waals surface area (Å²) in [6.07, 6.45) is 0.814. The van der Waals surface area contributed by atoms with Crippen LogP contribution in [0.1, 0.15) is 29.7 Å². The van der Waals surface area contributed by atoms with E-state index < -0.39 is 0 Å². The lowest BCUT2D eigenvalue weighted by Crippen LogP contribution is -2.31. The highest BCUT2D eigenvalue weighted by molar-refractivity contribution is 5.89. The Morgan fingerprint density at radius 1 is 1.00 bits per heavy atom. The summed E-state index contributed by atoms with van der Waals surface area (Å²) in [7, 11) is 0. The Kier molecular flexibility index (Phi) is 6.60. The molecule has 4 rings (SSSR count). The van der Waals surface area contributed by atoms with Gasteiger partial charge >= 0.3 is 0 Å². The van der Waals surface area contributed by atoms with Crippen molar-refractivity contribution < 1.29 is 8.91 Å². The minimum absolute atomic E-state index is 0.134. The molecular weight excluding hydrogens is 403 g/mol. The summed E-state index contributed by atoms with van der Waals surface area (Å²) in [5, 5.41) is 18.0. The van der Waals surface area contributed by atoms with Gasteiger partial charge in [0.15, 0.2) is 5.96 Å². The van der Waals surface area contributed by atoms with E-state index in [0.29, 0.717) is 23.7 Å². The second-order valence-electron chi connectivity index (χ2n) is 7.61. The maximum Gasteiger partial charge on any atom is 0.231 e. The predicted molar refractivity (Wildman–Crippen MR) is 125 cm³/mol. The van der Waals surface area contributed by atoms with Gasteiger partial charge in [-0.25, -0.2) is 4.39 Å². The smallest absolute Gasteiger partial charge is 0.231 e. The number of benzene rings is 3. The van der Waals surface area contributed by atoms with Crippen LogP contribution in [0.2, 0.25) is 0 Å². The number of nitrogens with zero attached hydrogens (tertiary/aromatic N) is 1. The minimum Gasteiger partial charge on any atom is -0.356 e. The molecule has 5 nitrogen and oxygen atoms in total. The fraction of sp³-hybridized carbons (Fsp3) is 0.154. The van der Waals surface area contributed by atoms with E-state index in [4.69, 9.17) is 9.93 Å². The summed E-state index contributed by atoms with van der Waals surface area (Å²) in [6, 6.07) is 26.5. The highest BCUT2D eigenvalue weighted by Gasteiger charge is 2.17. The Balaban J connectivity index is 1.35. The zero-order chi connectivity index (χ0) is 22.3. The lowest BCUT2D eigenvalue weighted by atomic mass is 9.95. The molecule has 162 valence electrons. The first-order valence-electron chi connectivity index (χ1n) is 10.5. The van der Waals surface area contributed by atoms with Crippen LogP contribution in [0.15, 0.2) is 89.5 Å². The molecule has 0 bridgehead atoms. The van der Waals surface area contributed by atoms with E-state index in [-0.39, 0.29) is 17.7 Å². The molecule has 1 atom stereocenters. The Morgan fingerprint density at radius 2 is 1.72 bits per heavy atom. The Morgan fingerprint density at radius 3 is 2.44 bits per heavy atom. The van der Waals surface area contributed by atoms with Crippen molar-refractivity contribution in [3.05, 3.63) is 108 Å². The van der Waals surface area contributed by atoms with Crippen LogP contribution in [0, 0.1) is 11.2 Å². The number of nitrogens with one attached hydrogen (secondary N) is 3. The van der Waals surface area contributed by atoms with Gasteiger partial charge in [-0.15, -0.1) is 0 Å². The predicted octanol–water partition coefficient (Wildman–Crippen LogP) is 5.81. The lowest BCUT2D eigenvalue weighted by molar-refractivity contribution is 0.424. The molecule has 0 radical (unpaired) electrons. The van der Waals surface area contributed by atoms with E-state index >= 15 is 0 Å². The van der Waals surface area contributed by atoms with Gasteiger partial charge in [0.25, 0.3) is 0 Å². The van der Waals surface area contributed by atoms with Gasteiger partial charge in [-0.3, -0.25) is 10.7 Å². The number of guanidine groups is 1. The van der Waals surface area contributed by atoms with E-state index in [2.05, 4.69) is 27.9 Å². The normalized spacial score (nSPS) is 11.7. The maximum atomic E-state index is 14.7. The molecule has 0 saturated carbocycles. The molecule has 1 aromatic heterocycles. The molecule has 1 unspecified atom stereocenters. The number of hydrogen-bond acceptors (Lipinski definition) is 3. The summed E-state index contributed by atoms with van der Waals surface area (Å²) in [6.45, 7) is 2.57. The van der Waals surface area contributed by atoms with E-state index in [9.17, 15) is 4.39 Å². The van der Waals surface area contributed by atoms with Crippen molar-refractivity contribution in [2.24, 2.45) is 0 Å². The van der Waals surface area contributed by atoms with E-state index in [1.54, 1.807) is 18.2 Å². The number of aromatic nitrogens is 1. The number of hydrogen-bond donors (Lipinski definition) is 3. The largest absolute Gasteiger partial charge is 0.356 e. The molecule has 4 aromatic rings. The molecule has 0 spiro atoms. The van der Waals surface area contributed by atoms with Gasteiger partial charge in [0, 0.05) is 24.1 Å². The molecule has 0 aliphatic heterocycles. The highest BCUT2D eigenvalue weighted by Crippen LogP contribution is 2.29. The summed E-state index contributed by atoms with van der Waals surface area (Å²) < 4.78 is 20.1. The quantitative estimate of drug-likeness (QED) is 0.256. The molecule has 0 fully saturated rings. The number of halogens is 1. The van der Waals surface area contributed by atoms with E-state index in [0.717, 1.165) is 17.5 Å². The van der Waals surface area contributed by atoms with Crippen molar-refractivity contribution in [3.8, 4) is 11.1 Å². The molecule has 0 aliphatic rings. The van der Waals surface area contributed by atoms with Crippen LogP contribution in [0.5, 0.6) is 0 Å². The van der Waals surface area contributed by atoms with Crippen LogP contribution in [-0.4, -0.2) is 17.7 Å². The fourth-order valence-corrected chi connectivity index (χ4v) is 3.52. The average molecular weight is 429 g/mol. The second kappa shape index (κ2) is 9.92. The molecule has 32 heavy (non-hydrogen) atoms. The van der Waals surface area contributed by atoms with Crippen LogP contribution in [0.25, 0.3) is 11.1 Å². The average Bonchev–Trinajstić information content (AvgIpc) is 3.28. The second-order valence-corrected chi connectivity index (χ2v) is 7.61. The van der Waals surface area contributed by atoms with E-state index in [1.165, 1.54) is 5.56 Å². The van der Waals surface area contributed by atoms with Crippen molar-refractivity contribution in [2.45, 2.75) is 19.3 Å². The molecular formula is C26H25FN4O. The van der Waals surface area contributed by atoms with Crippen molar-refractivity contribution in [3.63, 3.8) is 0 Å². The lowest BCUT2D eigenvalue weighted by Gasteiger charge is -2.11. The highest BCUT2D eigenvalue weighted by atomic mass is 19.1. The zero-order valence-corrected chi connectivity index (χ0v) is 17.8. The van der Waals surface area contributed by atoms with Crippen molar-refractivity contribution >= 4 is 11.8 Å². The molecule has 0 amide bonds. The monoisotopic (exact) mass is 428 g/mol. The topological polar surface area (TPSA) is 73.9 Å². The van der Waals surface area contributed by atoms with Gasteiger partial charge in [-0.1, -0.05) is 84.9 Å². The Labute approximate surface area is 186 Å². The molecule has 6 heteroatoms. The first-order valence-corrected chi connectivity index (χ1v) is 10.5. The number of rotatable bonds is 7. The number of anilines is 1. The minimum atomic E-state index is -0.271. The SMILES string of the molecule is CC(c1ccc(-c2ccccc2)c(F)c1)c1cc(NC(=N)NCCc2ccccc2)on1. The molecule has 0 saturated heterocycles. The third kappa shape index (κ3) is 5.21. The fourth-order valence-electron chi connectivity index (χ4n) is 3.52. The van der Waals surface area contributed by atoms with Gasteiger partial charge in [0.1, 0.15) is 5.82 Å². The van der Waals surface area contributed by atoms with Gasteiger partial charge in [-0.05, 0) is 29.2 Å². The van der Waals surface area contributed by atoms with Crippen LogP contribution in [0.3, 0.4) is 0 Å². The van der Waals surface area contributed by atoms with Gasteiger partial charge in [0.05, 0.1) is 5.69 Å². The standard InChI is InChI=1S/C26H25FN4O/c1-18(21-12-13-22(23(27)16-21)20-10-6-3-7-11-20)24-17-25(32-31-24)30-26(28)29-15-14-19-8-4-2-5-9-19/h2-13,16-18H,14-15H2,1H3,(H3,28,29,30). The van der Waals surface area contributed by atoms with Gasteiger partial charge < -0.3 is 9.84 Å². The van der Waals surface area contributed by atoms with Crippen molar-refractivity contribution in [2.75, 3.05) is 11.9 Å². The van der Waals surface area contributed by atoms with Crippen LogP contribution in [0.4, 0.5) is 10.3 Å². The summed E-state index contributed by atoms with van der Waals surface area (Å²) in [4.78, 5) is 0. The van der Waals surface area contributed by atoms with Crippen LogP contribution in [-0.2, 0) is 6.42 Å². The van der Waals surface area contributed by atoms with Crippen LogP contribution < -0.4 is 10.6 Å². The molecule has 0 aliphatic carbocycles. The Bertz CT molecular complexity index is 1170. The van der Waals surface area contributed by atoms with E-state index in [1.807, 2.05) is 61.5 Å². The molecule has 1 heterocycles. The first kappa shape index (κ1) is 21.3. The van der Waals surface area contributed by atoms with Gasteiger partial charge in [0.2, 0.25) is 5.88 Å². The summed E-state index contributed by atoms with van der Waals surface area (Å²) in [5.41, 5.74) is 4.08. The third-order valence-electron chi connectivity index (χ3n) is 5.36. The van der Waals surface area contributed by atoms with Gasteiger partial charge in [-0.2, -0.15) is 0 Å². The molecule has 3 aromatic carbocycles. The molecule has 3 N–H and O–H groups in total. The maximum absolute atomic E-state index is 14.7. The summed E-state index contributed by atoms with van der Waals surface area (Å²) >= 11 is 0.